The van der Waals surface area contributed by atoms with Crippen LogP contribution in [0, 0.1) is 11.8 Å². The van der Waals surface area contributed by atoms with Crippen LogP contribution in [-0.4, -0.2) is 36.8 Å². The number of carbonyl (C=O) groups excluding carboxylic acids is 4. The van der Waals surface area contributed by atoms with Crippen molar-refractivity contribution in [2.45, 2.75) is 285 Å². The predicted molar refractivity (Wildman–Crippen MR) is 359 cm³/mol. The van der Waals surface area contributed by atoms with Crippen LogP contribution in [0.4, 0.5) is 11.4 Å². The second-order valence-electron chi connectivity index (χ2n) is 25.5. The van der Waals surface area contributed by atoms with Crippen LogP contribution in [0.3, 0.4) is 0 Å². The Balaban J connectivity index is 1.11. The maximum absolute atomic E-state index is 15.2. The van der Waals surface area contributed by atoms with Gasteiger partial charge in [-0.05, 0) is 80.0 Å². The minimum Gasteiger partial charge on any atom is -0.422 e. The minimum atomic E-state index is -0.616. The van der Waals surface area contributed by atoms with E-state index in [2.05, 4.69) is 59.6 Å². The van der Waals surface area contributed by atoms with Crippen LogP contribution < -0.4 is 19.3 Å². The van der Waals surface area contributed by atoms with Crippen LogP contribution in [0.15, 0.2) is 57.5 Å². The average Bonchev–Trinajstić information content (AvgIpc) is 1.69. The van der Waals surface area contributed by atoms with E-state index in [9.17, 15) is 9.59 Å². The van der Waals surface area contributed by atoms with Crippen molar-refractivity contribution in [3.8, 4) is 11.5 Å². The number of unbranched alkanes of at least 4 members (excludes halogenated alkanes) is 32. The molecule has 0 saturated heterocycles. The Morgan fingerprint density at radius 3 is 1.01 bits per heavy atom. The van der Waals surface area contributed by atoms with Crippen LogP contribution in [0.2, 0.25) is 0 Å². The summed E-state index contributed by atoms with van der Waals surface area (Å²) in [5.74, 6) is -0.511. The van der Waals surface area contributed by atoms with Gasteiger partial charge in [0.05, 0.1) is 33.7 Å². The average molecular weight is 1280 g/mol. The van der Waals surface area contributed by atoms with E-state index in [1.54, 1.807) is 12.1 Å². The van der Waals surface area contributed by atoms with Gasteiger partial charge in [0, 0.05) is 44.3 Å². The molecule has 0 fully saturated rings. The molecule has 8 nitrogen and oxygen atoms in total. The second-order valence-corrected chi connectivity index (χ2v) is 27.3. The molecule has 0 aliphatic carbocycles. The molecule has 4 aliphatic rings. The van der Waals surface area contributed by atoms with Crippen LogP contribution >= 0.6 is 31.9 Å². The maximum atomic E-state index is 15.2. The van der Waals surface area contributed by atoms with Crippen molar-refractivity contribution in [1.82, 2.24) is 0 Å². The molecular weight excluding hydrogens is 1170 g/mol. The van der Waals surface area contributed by atoms with Gasteiger partial charge in [-0.3, -0.25) is 9.59 Å². The Morgan fingerprint density at radius 2 is 0.643 bits per heavy atom. The number of ether oxygens (including phenoxy) is 2. The molecule has 2 amide bonds. The molecule has 7 rings (SSSR count). The number of hydrogen-bond acceptors (Lipinski definition) is 6. The first-order valence-corrected chi connectivity index (χ1v) is 36.0. The Labute approximate surface area is 525 Å². The van der Waals surface area contributed by atoms with Crippen molar-refractivity contribution in [3.05, 3.63) is 79.7 Å². The van der Waals surface area contributed by atoms with Gasteiger partial charge in [0.15, 0.2) is 0 Å². The second kappa shape index (κ2) is 37.0. The largest absolute Gasteiger partial charge is 0.422 e. The third kappa shape index (κ3) is 19.5. The summed E-state index contributed by atoms with van der Waals surface area (Å²) in [6.45, 7) is 10.2. The number of halogens is 2. The molecular formula is C74H106Br2N2O6. The number of fused-ring (bicyclic) bond motifs is 4. The SMILES string of the molecule is CCCCCCCCCCCCC(CCCCCCCCCC)CN1C(=O)/C(=C2/C(=O)Oc3cc4c(cc32)OC(=O)/C4=C2/C(=O)N(CC(CCCCCCCCCC)CCCCCCCCCCCC)c3cc(Br)ccc32)c2cc(Br)ccc21. The van der Waals surface area contributed by atoms with Crippen molar-refractivity contribution in [2.24, 2.45) is 11.8 Å². The molecule has 4 heterocycles. The molecule has 2 unspecified atom stereocenters. The van der Waals surface area contributed by atoms with E-state index in [0.717, 1.165) is 71.7 Å². The predicted octanol–water partition coefficient (Wildman–Crippen LogP) is 22.5. The van der Waals surface area contributed by atoms with Gasteiger partial charge in [-0.1, -0.05) is 297 Å². The minimum absolute atomic E-state index is 0.175. The van der Waals surface area contributed by atoms with E-state index in [1.165, 1.54) is 205 Å². The van der Waals surface area contributed by atoms with Crippen molar-refractivity contribution in [1.29, 1.82) is 0 Å². The number of benzene rings is 3. The summed E-state index contributed by atoms with van der Waals surface area (Å²) >= 11 is 7.41. The quantitative estimate of drug-likeness (QED) is 0.0242. The Hall–Kier alpha value is -4.02. The number of amides is 2. The third-order valence-electron chi connectivity index (χ3n) is 18.6. The van der Waals surface area contributed by atoms with Crippen LogP contribution in [0.5, 0.6) is 11.5 Å². The van der Waals surface area contributed by atoms with E-state index >= 15 is 9.59 Å². The fourth-order valence-corrected chi connectivity index (χ4v) is 14.4. The number of esters is 2. The van der Waals surface area contributed by atoms with Gasteiger partial charge in [-0.2, -0.15) is 0 Å². The highest BCUT2D eigenvalue weighted by molar-refractivity contribution is 9.10. The number of rotatable bonds is 44. The molecule has 0 bridgehead atoms. The zero-order chi connectivity index (χ0) is 59.5. The van der Waals surface area contributed by atoms with Crippen LogP contribution in [0.1, 0.15) is 307 Å². The van der Waals surface area contributed by atoms with Gasteiger partial charge < -0.3 is 19.3 Å². The monoisotopic (exact) mass is 1280 g/mol. The van der Waals surface area contributed by atoms with Gasteiger partial charge in [0.1, 0.15) is 11.5 Å². The van der Waals surface area contributed by atoms with Crippen LogP contribution in [-0.2, 0) is 19.2 Å². The topological polar surface area (TPSA) is 93.2 Å². The molecule has 0 aromatic heterocycles. The highest BCUT2D eigenvalue weighted by Gasteiger charge is 2.45. The molecule has 3 aromatic rings. The lowest BCUT2D eigenvalue weighted by molar-refractivity contribution is -0.127. The summed E-state index contributed by atoms with van der Waals surface area (Å²) in [6, 6.07) is 15.1. The molecule has 10 heteroatoms. The summed E-state index contributed by atoms with van der Waals surface area (Å²) in [6.07, 6.45) is 50.2. The first kappa shape index (κ1) is 67.5. The summed E-state index contributed by atoms with van der Waals surface area (Å²) < 4.78 is 13.9. The fraction of sp³-hybridized carbons (Fsp3) is 0.649. The lowest BCUT2D eigenvalue weighted by Gasteiger charge is -2.25. The zero-order valence-corrected chi connectivity index (χ0v) is 55.7. The van der Waals surface area contributed by atoms with Gasteiger partial charge in [0.2, 0.25) is 0 Å². The third-order valence-corrected chi connectivity index (χ3v) is 19.6. The van der Waals surface area contributed by atoms with E-state index in [-0.39, 0.29) is 34.5 Å². The molecule has 0 saturated carbocycles. The number of nitrogens with zero attached hydrogens (tertiary/aromatic N) is 2. The first-order valence-electron chi connectivity index (χ1n) is 34.4. The summed E-state index contributed by atoms with van der Waals surface area (Å²) in [5.41, 5.74) is 4.77. The van der Waals surface area contributed by atoms with Gasteiger partial charge >= 0.3 is 11.9 Å². The van der Waals surface area contributed by atoms with Crippen molar-refractivity contribution in [2.75, 3.05) is 22.9 Å². The summed E-state index contributed by atoms with van der Waals surface area (Å²) in [5, 5.41) is 0. The standard InChI is InChI=1S/C74H106Br2N2O6/c1-5-9-13-17-21-25-27-31-35-38-42-55(41-37-33-29-23-19-15-11-7-3)53-77-63-48-46-57(75)49-60(63)68(72(77)80)70-62-52-65-61(51-66(62)84-74(70)82)69(73(81)83-65)67-59-47-45-58(76)50-64(59)78(71(67)79)54-56(43-39-34-30-24-20-16-12-8-4)44-40-36-32-28-26-22-18-14-10-6-2/h45-52,55-56H,5-44,53-54H2,1-4H3/b69-67+,70-68+. The fourth-order valence-electron chi connectivity index (χ4n) is 13.7. The van der Waals surface area contributed by atoms with E-state index < -0.39 is 11.9 Å². The Bertz CT molecular complexity index is 2650. The van der Waals surface area contributed by atoms with E-state index in [4.69, 9.17) is 9.47 Å². The first-order chi connectivity index (χ1) is 41.1. The molecule has 0 spiro atoms. The van der Waals surface area contributed by atoms with E-state index in [1.807, 2.05) is 46.2 Å². The maximum Gasteiger partial charge on any atom is 0.345 e. The van der Waals surface area contributed by atoms with Gasteiger partial charge in [0.25, 0.3) is 11.8 Å². The summed E-state index contributed by atoms with van der Waals surface area (Å²) in [7, 11) is 0. The van der Waals surface area contributed by atoms with Crippen molar-refractivity contribution >= 4 is 89.3 Å². The Morgan fingerprint density at radius 1 is 0.333 bits per heavy atom. The molecule has 0 N–H and O–H groups in total. The lowest BCUT2D eigenvalue weighted by Crippen LogP contribution is -2.32. The molecule has 4 aliphatic heterocycles. The van der Waals surface area contributed by atoms with Crippen molar-refractivity contribution < 1.29 is 28.7 Å². The zero-order valence-electron chi connectivity index (χ0n) is 52.6. The van der Waals surface area contributed by atoms with Gasteiger partial charge in [-0.25, -0.2) is 9.59 Å². The highest BCUT2D eigenvalue weighted by Crippen LogP contribution is 2.53. The smallest absolute Gasteiger partial charge is 0.345 e. The number of anilines is 2. The molecule has 84 heavy (non-hydrogen) atoms. The molecule has 3 aromatic carbocycles. The number of carbonyl (C=O) groups is 4. The Kier molecular flexibility index (Phi) is 29.7. The van der Waals surface area contributed by atoms with Gasteiger partial charge in [-0.15, -0.1) is 0 Å². The number of hydrogen-bond donors (Lipinski definition) is 0. The lowest BCUT2D eigenvalue weighted by atomic mass is 9.92. The molecule has 462 valence electrons. The highest BCUT2D eigenvalue weighted by atomic mass is 79.9. The van der Waals surface area contributed by atoms with Crippen LogP contribution in [0.25, 0.3) is 22.3 Å². The molecule has 0 radical (unpaired) electrons. The van der Waals surface area contributed by atoms with E-state index in [0.29, 0.717) is 58.3 Å². The summed E-state index contributed by atoms with van der Waals surface area (Å²) in [4.78, 5) is 63.0. The normalized spacial score (nSPS) is 16.9. The van der Waals surface area contributed by atoms with Crippen molar-refractivity contribution in [3.63, 3.8) is 0 Å². The molecule has 2 atom stereocenters.